The van der Waals surface area contributed by atoms with E-state index in [9.17, 15) is 4.79 Å². The number of nitrogens with one attached hydrogen (secondary N) is 1. The van der Waals surface area contributed by atoms with Gasteiger partial charge in [0.15, 0.2) is 0 Å². The quantitative estimate of drug-likeness (QED) is 0.729. The molecular formula is C10H9N3O2. The lowest BCUT2D eigenvalue weighted by molar-refractivity contribution is 0.0697. The van der Waals surface area contributed by atoms with Gasteiger partial charge in [-0.25, -0.2) is 9.78 Å². The van der Waals surface area contributed by atoms with Gasteiger partial charge in [0, 0.05) is 13.1 Å². The number of carboxylic acid groups (broad SMARTS) is 1. The minimum absolute atomic E-state index is 0.277. The first kappa shape index (κ1) is 8.28. The van der Waals surface area contributed by atoms with Gasteiger partial charge in [-0.15, -0.1) is 0 Å². The van der Waals surface area contributed by atoms with Crippen molar-refractivity contribution in [2.75, 3.05) is 11.9 Å². The fourth-order valence-electron chi connectivity index (χ4n) is 1.90. The van der Waals surface area contributed by atoms with Crippen molar-refractivity contribution < 1.29 is 9.90 Å². The Balaban J connectivity index is 2.26. The Morgan fingerprint density at radius 3 is 3.20 bits per heavy atom. The topological polar surface area (TPSA) is 67.1 Å². The molecule has 3 rings (SSSR count). The lowest BCUT2D eigenvalue weighted by Crippen LogP contribution is -1.97. The van der Waals surface area contributed by atoms with E-state index in [1.807, 2.05) is 6.07 Å². The third kappa shape index (κ3) is 1.09. The number of hydrogen-bond acceptors (Lipinski definition) is 3. The summed E-state index contributed by atoms with van der Waals surface area (Å²) in [6.07, 6.45) is 0. The zero-order valence-corrected chi connectivity index (χ0v) is 7.90. The van der Waals surface area contributed by atoms with Crippen LogP contribution in [0, 0.1) is 0 Å². The second kappa shape index (κ2) is 2.73. The minimum Gasteiger partial charge on any atom is -0.478 e. The molecule has 1 aliphatic rings. The van der Waals surface area contributed by atoms with Gasteiger partial charge in [0.25, 0.3) is 0 Å². The molecule has 0 atom stereocenters. The highest BCUT2D eigenvalue weighted by molar-refractivity contribution is 5.93. The summed E-state index contributed by atoms with van der Waals surface area (Å²) in [5, 5.41) is 12.0. The smallest absolute Gasteiger partial charge is 0.335 e. The molecule has 2 heterocycles. The number of anilines is 1. The van der Waals surface area contributed by atoms with E-state index in [1.165, 1.54) is 0 Å². The molecule has 1 aromatic heterocycles. The van der Waals surface area contributed by atoms with Gasteiger partial charge >= 0.3 is 5.97 Å². The van der Waals surface area contributed by atoms with Crippen molar-refractivity contribution in [1.29, 1.82) is 0 Å². The Kier molecular flexibility index (Phi) is 1.50. The third-order valence-electron chi connectivity index (χ3n) is 2.61. The number of aromatic carboxylic acids is 1. The number of rotatable bonds is 1. The Hall–Kier alpha value is -2.04. The van der Waals surface area contributed by atoms with E-state index < -0.39 is 5.97 Å². The van der Waals surface area contributed by atoms with Crippen LogP contribution in [0.4, 0.5) is 5.95 Å². The van der Waals surface area contributed by atoms with Crippen LogP contribution in [0.1, 0.15) is 10.4 Å². The molecule has 2 aromatic rings. The van der Waals surface area contributed by atoms with Crippen molar-refractivity contribution in [1.82, 2.24) is 9.55 Å². The van der Waals surface area contributed by atoms with E-state index in [0.29, 0.717) is 0 Å². The summed E-state index contributed by atoms with van der Waals surface area (Å²) in [6, 6.07) is 5.02. The van der Waals surface area contributed by atoms with E-state index >= 15 is 0 Å². The second-order valence-electron chi connectivity index (χ2n) is 3.52. The van der Waals surface area contributed by atoms with Gasteiger partial charge < -0.3 is 15.0 Å². The number of carbonyl (C=O) groups is 1. The highest BCUT2D eigenvalue weighted by Crippen LogP contribution is 2.23. The summed E-state index contributed by atoms with van der Waals surface area (Å²) in [4.78, 5) is 15.1. The summed E-state index contributed by atoms with van der Waals surface area (Å²) in [5.74, 6) is -0.0921. The largest absolute Gasteiger partial charge is 0.478 e. The van der Waals surface area contributed by atoms with Gasteiger partial charge in [-0.1, -0.05) is 0 Å². The van der Waals surface area contributed by atoms with Gasteiger partial charge in [0.05, 0.1) is 16.6 Å². The number of fused-ring (bicyclic) bond motifs is 3. The number of aromatic nitrogens is 2. The van der Waals surface area contributed by atoms with Crippen LogP contribution in [0.25, 0.3) is 11.0 Å². The van der Waals surface area contributed by atoms with Gasteiger partial charge in [-0.05, 0) is 18.2 Å². The maximum absolute atomic E-state index is 10.8. The van der Waals surface area contributed by atoms with E-state index in [-0.39, 0.29) is 5.56 Å². The number of carboxylic acids is 1. The molecule has 0 radical (unpaired) electrons. The van der Waals surface area contributed by atoms with Crippen LogP contribution in [-0.2, 0) is 6.54 Å². The fourth-order valence-corrected chi connectivity index (χ4v) is 1.90. The molecular weight excluding hydrogens is 194 g/mol. The van der Waals surface area contributed by atoms with Crippen molar-refractivity contribution in [2.24, 2.45) is 0 Å². The Labute approximate surface area is 85.3 Å². The van der Waals surface area contributed by atoms with Crippen molar-refractivity contribution in [3.05, 3.63) is 23.8 Å². The molecule has 1 aliphatic heterocycles. The molecule has 0 aliphatic carbocycles. The number of hydrogen-bond donors (Lipinski definition) is 2. The molecule has 0 spiro atoms. The predicted molar refractivity (Wildman–Crippen MR) is 55.2 cm³/mol. The van der Waals surface area contributed by atoms with Crippen molar-refractivity contribution >= 4 is 23.0 Å². The summed E-state index contributed by atoms with van der Waals surface area (Å²) in [5.41, 5.74) is 2.00. The second-order valence-corrected chi connectivity index (χ2v) is 3.52. The van der Waals surface area contributed by atoms with Gasteiger partial charge in [0.1, 0.15) is 0 Å². The molecule has 1 aromatic carbocycles. The molecule has 0 unspecified atom stereocenters. The minimum atomic E-state index is -0.919. The monoisotopic (exact) mass is 203 g/mol. The van der Waals surface area contributed by atoms with Crippen LogP contribution in [0.2, 0.25) is 0 Å². The van der Waals surface area contributed by atoms with Crippen molar-refractivity contribution in [3.63, 3.8) is 0 Å². The van der Waals surface area contributed by atoms with Crippen molar-refractivity contribution in [3.8, 4) is 0 Å². The Morgan fingerprint density at radius 2 is 2.40 bits per heavy atom. The van der Waals surface area contributed by atoms with E-state index in [4.69, 9.17) is 5.11 Å². The zero-order valence-electron chi connectivity index (χ0n) is 7.90. The van der Waals surface area contributed by atoms with Crippen LogP contribution >= 0.6 is 0 Å². The normalized spacial score (nSPS) is 13.9. The molecule has 0 saturated heterocycles. The lowest BCUT2D eigenvalue weighted by atomic mass is 10.2. The van der Waals surface area contributed by atoms with Crippen LogP contribution in [0.5, 0.6) is 0 Å². The van der Waals surface area contributed by atoms with Crippen LogP contribution in [-0.4, -0.2) is 27.2 Å². The summed E-state index contributed by atoms with van der Waals surface area (Å²) >= 11 is 0. The average molecular weight is 203 g/mol. The molecule has 2 N–H and O–H groups in total. The molecule has 0 fully saturated rings. The highest BCUT2D eigenvalue weighted by atomic mass is 16.4. The average Bonchev–Trinajstić information content (AvgIpc) is 2.75. The van der Waals surface area contributed by atoms with E-state index in [1.54, 1.807) is 12.1 Å². The molecule has 15 heavy (non-hydrogen) atoms. The number of benzene rings is 1. The summed E-state index contributed by atoms with van der Waals surface area (Å²) < 4.78 is 2.06. The highest BCUT2D eigenvalue weighted by Gasteiger charge is 2.16. The maximum Gasteiger partial charge on any atom is 0.335 e. The fraction of sp³-hybridized carbons (Fsp3) is 0.200. The van der Waals surface area contributed by atoms with Crippen LogP contribution in [0.15, 0.2) is 18.2 Å². The van der Waals surface area contributed by atoms with Crippen molar-refractivity contribution in [2.45, 2.75) is 6.54 Å². The zero-order chi connectivity index (χ0) is 10.4. The molecule has 0 saturated carbocycles. The third-order valence-corrected chi connectivity index (χ3v) is 2.61. The first-order valence-corrected chi connectivity index (χ1v) is 4.73. The summed E-state index contributed by atoms with van der Waals surface area (Å²) in [6.45, 7) is 1.78. The molecule has 5 nitrogen and oxygen atoms in total. The maximum atomic E-state index is 10.8. The Bertz CT molecular complexity index is 559. The van der Waals surface area contributed by atoms with E-state index in [2.05, 4.69) is 14.9 Å². The first-order valence-electron chi connectivity index (χ1n) is 4.73. The van der Waals surface area contributed by atoms with Crippen LogP contribution in [0.3, 0.4) is 0 Å². The van der Waals surface area contributed by atoms with E-state index in [0.717, 1.165) is 30.1 Å². The number of nitrogens with zero attached hydrogens (tertiary/aromatic N) is 2. The molecule has 5 heteroatoms. The molecule has 0 amide bonds. The molecule has 76 valence electrons. The van der Waals surface area contributed by atoms with Gasteiger partial charge in [0.2, 0.25) is 5.95 Å². The number of imidazole rings is 1. The van der Waals surface area contributed by atoms with Gasteiger partial charge in [-0.3, -0.25) is 0 Å². The molecule has 0 bridgehead atoms. The SMILES string of the molecule is O=C(O)c1ccc2c(c1)nc1n2CCN1. The summed E-state index contributed by atoms with van der Waals surface area (Å²) in [7, 11) is 0. The Morgan fingerprint density at radius 1 is 1.53 bits per heavy atom. The predicted octanol–water partition coefficient (Wildman–Crippen LogP) is 1.16. The van der Waals surface area contributed by atoms with Crippen LogP contribution < -0.4 is 5.32 Å². The standard InChI is InChI=1S/C10H9N3O2/c14-9(15)6-1-2-8-7(5-6)12-10-11-3-4-13(8)10/h1-2,5H,3-4H2,(H,11,12)(H,14,15). The van der Waals surface area contributed by atoms with Gasteiger partial charge in [-0.2, -0.15) is 0 Å². The lowest BCUT2D eigenvalue weighted by Gasteiger charge is -1.97. The first-order chi connectivity index (χ1) is 7.25.